The summed E-state index contributed by atoms with van der Waals surface area (Å²) in [5, 5.41) is 8.35. The molecule has 0 fully saturated rings. The van der Waals surface area contributed by atoms with Gasteiger partial charge in [-0.1, -0.05) is 30.3 Å². The van der Waals surface area contributed by atoms with E-state index in [1.165, 1.54) is 0 Å². The van der Waals surface area contributed by atoms with Crippen molar-refractivity contribution in [3.63, 3.8) is 0 Å². The van der Waals surface area contributed by atoms with Gasteiger partial charge in [-0.2, -0.15) is 4.89 Å². The number of hydrogen-bond acceptors (Lipinski definition) is 4. The van der Waals surface area contributed by atoms with Gasteiger partial charge in [0.25, 0.3) is 0 Å². The highest BCUT2D eigenvalue weighted by Crippen LogP contribution is 2.24. The molecule has 0 saturated carbocycles. The maximum atomic E-state index is 11.6. The van der Waals surface area contributed by atoms with E-state index in [0.717, 1.165) is 5.56 Å². The Morgan fingerprint density at radius 2 is 1.93 bits per heavy atom. The highest BCUT2D eigenvalue weighted by molar-refractivity contribution is 5.81. The summed E-state index contributed by atoms with van der Waals surface area (Å²) in [6, 6.07) is 9.23. The van der Waals surface area contributed by atoms with Crippen molar-refractivity contribution in [2.75, 3.05) is 6.79 Å². The van der Waals surface area contributed by atoms with Crippen LogP contribution in [0.2, 0.25) is 0 Å². The zero-order valence-electron chi connectivity index (χ0n) is 8.77. The molecule has 1 rings (SSSR count). The standard InChI is InChI=1S/C11H14O4/c1-11(2,10(13)15-14-8-12)9-6-4-3-5-7-9/h3-7,12H,8H2,1-2H3. The Balaban J connectivity index is 2.78. The summed E-state index contributed by atoms with van der Waals surface area (Å²) in [7, 11) is 0. The molecule has 1 aromatic rings. The Hall–Kier alpha value is -1.39. The van der Waals surface area contributed by atoms with E-state index in [2.05, 4.69) is 9.78 Å². The molecule has 0 aliphatic rings. The average Bonchev–Trinajstić information content (AvgIpc) is 2.27. The van der Waals surface area contributed by atoms with Gasteiger partial charge in [-0.15, -0.1) is 0 Å². The Kier molecular flexibility index (Phi) is 3.82. The van der Waals surface area contributed by atoms with Crippen LogP contribution in [0.4, 0.5) is 0 Å². The first-order chi connectivity index (χ1) is 7.09. The van der Waals surface area contributed by atoms with Gasteiger partial charge in [0.15, 0.2) is 6.79 Å². The second kappa shape index (κ2) is 4.91. The first-order valence-corrected chi connectivity index (χ1v) is 4.59. The van der Waals surface area contributed by atoms with E-state index in [1.807, 2.05) is 30.3 Å². The molecule has 0 amide bonds. The lowest BCUT2D eigenvalue weighted by molar-refractivity contribution is -0.306. The van der Waals surface area contributed by atoms with E-state index >= 15 is 0 Å². The van der Waals surface area contributed by atoms with Gasteiger partial charge in [-0.25, -0.2) is 4.79 Å². The third-order valence-electron chi connectivity index (χ3n) is 2.19. The molecule has 0 aliphatic heterocycles. The van der Waals surface area contributed by atoms with E-state index in [1.54, 1.807) is 13.8 Å². The number of carbonyl (C=O) groups excluding carboxylic acids is 1. The molecule has 82 valence electrons. The monoisotopic (exact) mass is 210 g/mol. The molecule has 0 unspecified atom stereocenters. The van der Waals surface area contributed by atoms with Crippen molar-refractivity contribution in [1.82, 2.24) is 0 Å². The second-order valence-electron chi connectivity index (χ2n) is 3.61. The van der Waals surface area contributed by atoms with Crippen molar-refractivity contribution in [1.29, 1.82) is 0 Å². The van der Waals surface area contributed by atoms with Gasteiger partial charge in [0.2, 0.25) is 0 Å². The minimum absolute atomic E-state index is 0.539. The van der Waals surface area contributed by atoms with E-state index in [9.17, 15) is 4.79 Å². The summed E-state index contributed by atoms with van der Waals surface area (Å²) in [5.41, 5.74) is 0.0349. The van der Waals surface area contributed by atoms with Gasteiger partial charge in [0.05, 0.1) is 5.41 Å². The van der Waals surface area contributed by atoms with Gasteiger partial charge in [-0.05, 0) is 19.4 Å². The van der Waals surface area contributed by atoms with Gasteiger partial charge < -0.3 is 5.11 Å². The van der Waals surface area contributed by atoms with Crippen LogP contribution in [0.3, 0.4) is 0 Å². The molecule has 0 aliphatic carbocycles. The fourth-order valence-corrected chi connectivity index (χ4v) is 1.16. The molecule has 15 heavy (non-hydrogen) atoms. The molecular weight excluding hydrogens is 196 g/mol. The third-order valence-corrected chi connectivity index (χ3v) is 2.19. The van der Waals surface area contributed by atoms with Gasteiger partial charge in [0, 0.05) is 0 Å². The first-order valence-electron chi connectivity index (χ1n) is 4.59. The molecule has 4 heteroatoms. The molecular formula is C11H14O4. The Bertz CT molecular complexity index is 319. The van der Waals surface area contributed by atoms with Gasteiger partial charge in [0.1, 0.15) is 0 Å². The van der Waals surface area contributed by atoms with Crippen LogP contribution in [0, 0.1) is 0 Å². The Morgan fingerprint density at radius 1 is 1.33 bits per heavy atom. The van der Waals surface area contributed by atoms with E-state index in [4.69, 9.17) is 5.11 Å². The zero-order valence-corrected chi connectivity index (χ0v) is 8.77. The van der Waals surface area contributed by atoms with E-state index in [0.29, 0.717) is 0 Å². The summed E-state index contributed by atoms with van der Waals surface area (Å²) < 4.78 is 0. The molecule has 4 nitrogen and oxygen atoms in total. The Morgan fingerprint density at radius 3 is 2.47 bits per heavy atom. The summed E-state index contributed by atoms with van der Waals surface area (Å²) in [6.45, 7) is 2.81. The molecule has 0 spiro atoms. The minimum atomic E-state index is -0.795. The normalized spacial score (nSPS) is 11.1. The molecule has 0 heterocycles. The van der Waals surface area contributed by atoms with Crippen LogP contribution in [0.25, 0.3) is 0 Å². The predicted octanol–water partition coefficient (Wildman–Crippen LogP) is 1.39. The van der Waals surface area contributed by atoms with Crippen LogP contribution in [0.1, 0.15) is 19.4 Å². The van der Waals surface area contributed by atoms with Crippen molar-refractivity contribution in [3.8, 4) is 0 Å². The van der Waals surface area contributed by atoms with E-state index in [-0.39, 0.29) is 0 Å². The minimum Gasteiger partial charge on any atom is -0.367 e. The largest absolute Gasteiger partial charge is 0.367 e. The number of hydrogen-bond donors (Lipinski definition) is 1. The lowest BCUT2D eigenvalue weighted by atomic mass is 9.85. The topological polar surface area (TPSA) is 55.8 Å². The van der Waals surface area contributed by atoms with Crippen LogP contribution in [-0.2, 0) is 20.0 Å². The predicted molar refractivity (Wildman–Crippen MR) is 53.7 cm³/mol. The third kappa shape index (κ3) is 2.78. The second-order valence-corrected chi connectivity index (χ2v) is 3.61. The number of aliphatic hydroxyl groups is 1. The lowest BCUT2D eigenvalue weighted by Crippen LogP contribution is -2.31. The number of benzene rings is 1. The summed E-state index contributed by atoms with van der Waals surface area (Å²) >= 11 is 0. The van der Waals surface area contributed by atoms with Crippen LogP contribution >= 0.6 is 0 Å². The highest BCUT2D eigenvalue weighted by atomic mass is 17.2. The van der Waals surface area contributed by atoms with Crippen LogP contribution in [-0.4, -0.2) is 17.9 Å². The SMILES string of the molecule is CC(C)(C(=O)OOCO)c1ccccc1. The number of rotatable bonds is 4. The molecule has 0 saturated heterocycles. The molecule has 1 N–H and O–H groups in total. The summed E-state index contributed by atoms with van der Waals surface area (Å²) in [6.07, 6.45) is 0. The maximum Gasteiger partial charge on any atom is 0.352 e. The number of aliphatic hydroxyl groups excluding tert-OH is 1. The van der Waals surface area contributed by atoms with Crippen LogP contribution < -0.4 is 0 Å². The molecule has 0 radical (unpaired) electrons. The lowest BCUT2D eigenvalue weighted by Gasteiger charge is -2.21. The van der Waals surface area contributed by atoms with Crippen molar-refractivity contribution >= 4 is 5.97 Å². The molecule has 0 atom stereocenters. The Labute approximate surface area is 88.4 Å². The fraction of sp³-hybridized carbons (Fsp3) is 0.364. The molecule has 0 bridgehead atoms. The summed E-state index contributed by atoms with van der Waals surface area (Å²) in [5.74, 6) is -0.539. The van der Waals surface area contributed by atoms with Crippen molar-refractivity contribution in [2.45, 2.75) is 19.3 Å². The average molecular weight is 210 g/mol. The zero-order chi connectivity index (χ0) is 11.3. The van der Waals surface area contributed by atoms with Crippen molar-refractivity contribution < 1.29 is 19.7 Å². The smallest absolute Gasteiger partial charge is 0.352 e. The first kappa shape index (κ1) is 11.7. The summed E-state index contributed by atoms with van der Waals surface area (Å²) in [4.78, 5) is 20.2. The molecule has 1 aromatic carbocycles. The number of carbonyl (C=O) groups is 1. The molecule has 0 aromatic heterocycles. The van der Waals surface area contributed by atoms with Crippen molar-refractivity contribution in [2.24, 2.45) is 0 Å². The maximum absolute atomic E-state index is 11.6. The quantitative estimate of drug-likeness (QED) is 0.463. The highest BCUT2D eigenvalue weighted by Gasteiger charge is 2.32. The van der Waals surface area contributed by atoms with Gasteiger partial charge in [-0.3, -0.25) is 4.89 Å². The van der Waals surface area contributed by atoms with Gasteiger partial charge >= 0.3 is 5.97 Å². The van der Waals surface area contributed by atoms with Crippen LogP contribution in [0.5, 0.6) is 0 Å². The fourth-order valence-electron chi connectivity index (χ4n) is 1.16. The van der Waals surface area contributed by atoms with Crippen LogP contribution in [0.15, 0.2) is 30.3 Å². The van der Waals surface area contributed by atoms with E-state index < -0.39 is 18.2 Å². The van der Waals surface area contributed by atoms with Crippen molar-refractivity contribution in [3.05, 3.63) is 35.9 Å².